The normalized spacial score (nSPS) is 11.6. The van der Waals surface area contributed by atoms with Crippen LogP contribution in [0.25, 0.3) is 0 Å². The summed E-state index contributed by atoms with van der Waals surface area (Å²) in [5.41, 5.74) is 0.142. The van der Waals surface area contributed by atoms with Gasteiger partial charge in [0.1, 0.15) is 0 Å². The van der Waals surface area contributed by atoms with Gasteiger partial charge in [0.25, 0.3) is 5.69 Å². The molecular formula is C14H19NO7. The van der Waals surface area contributed by atoms with Gasteiger partial charge in [0.05, 0.1) is 37.4 Å². The summed E-state index contributed by atoms with van der Waals surface area (Å²) in [6.45, 7) is 2.95. The van der Waals surface area contributed by atoms with Crippen LogP contribution >= 0.6 is 0 Å². The molecule has 0 aliphatic rings. The Labute approximate surface area is 128 Å². The summed E-state index contributed by atoms with van der Waals surface area (Å²) in [5.74, 6) is 0.130. The molecule has 1 aromatic rings. The Balaban J connectivity index is 3.01. The third kappa shape index (κ3) is 4.59. The molecule has 8 heteroatoms. The quantitative estimate of drug-likeness (QED) is 0.314. The fourth-order valence-corrected chi connectivity index (χ4v) is 1.80. The Bertz CT molecular complexity index is 544. The van der Waals surface area contributed by atoms with E-state index in [2.05, 4.69) is 0 Å². The number of nitro groups is 1. The van der Waals surface area contributed by atoms with Gasteiger partial charge in [-0.3, -0.25) is 14.9 Å². The molecule has 0 saturated carbocycles. The van der Waals surface area contributed by atoms with Crippen LogP contribution < -0.4 is 9.47 Å². The van der Waals surface area contributed by atoms with Gasteiger partial charge in [-0.1, -0.05) is 6.92 Å². The molecule has 0 N–H and O–H groups in total. The van der Waals surface area contributed by atoms with E-state index in [-0.39, 0.29) is 18.0 Å². The van der Waals surface area contributed by atoms with Crippen LogP contribution in [0.5, 0.6) is 11.5 Å². The fourth-order valence-electron chi connectivity index (χ4n) is 1.80. The summed E-state index contributed by atoms with van der Waals surface area (Å²) in [7, 11) is 2.83. The maximum Gasteiger partial charge on any atom is 0.304 e. The Hall–Kier alpha value is -2.35. The molecule has 0 radical (unpaired) electrons. The highest BCUT2D eigenvalue weighted by atomic mass is 16.7. The van der Waals surface area contributed by atoms with Crippen LogP contribution in [0, 0.1) is 10.1 Å². The molecule has 0 heterocycles. The summed E-state index contributed by atoms with van der Waals surface area (Å²) in [6, 6.07) is 2.74. The molecule has 0 spiro atoms. The first kappa shape index (κ1) is 17.7. The van der Waals surface area contributed by atoms with Gasteiger partial charge in [-0.15, -0.1) is 0 Å². The van der Waals surface area contributed by atoms with Gasteiger partial charge in [-0.05, 0) is 6.07 Å². The number of carbonyl (C=O) groups is 1. The lowest BCUT2D eigenvalue weighted by Gasteiger charge is -2.16. The van der Waals surface area contributed by atoms with Crippen molar-refractivity contribution in [1.29, 1.82) is 0 Å². The van der Waals surface area contributed by atoms with Crippen molar-refractivity contribution in [3.63, 3.8) is 0 Å². The number of nitrogens with zero attached hydrogens (tertiary/aromatic N) is 1. The zero-order valence-corrected chi connectivity index (χ0v) is 13.0. The van der Waals surface area contributed by atoms with Crippen molar-refractivity contribution in [2.75, 3.05) is 14.2 Å². The number of rotatable bonds is 8. The molecule has 0 fully saturated rings. The molecule has 1 rings (SSSR count). The van der Waals surface area contributed by atoms with E-state index < -0.39 is 17.2 Å². The maximum atomic E-state index is 11.1. The minimum atomic E-state index is -0.759. The minimum Gasteiger partial charge on any atom is -0.493 e. The number of ether oxygens (including phenoxy) is 4. The molecular weight excluding hydrogens is 294 g/mol. The van der Waals surface area contributed by atoms with Crippen molar-refractivity contribution < 1.29 is 28.7 Å². The zero-order valence-electron chi connectivity index (χ0n) is 13.0. The SMILES string of the molecule is CCC(OCc1cc(OC)c(OC)cc1[N+](=O)[O-])OC(C)=O. The molecule has 1 aromatic carbocycles. The van der Waals surface area contributed by atoms with Crippen molar-refractivity contribution >= 4 is 11.7 Å². The Morgan fingerprint density at radius 1 is 1.27 bits per heavy atom. The van der Waals surface area contributed by atoms with Gasteiger partial charge >= 0.3 is 5.97 Å². The summed E-state index contributed by atoms with van der Waals surface area (Å²) < 4.78 is 20.5. The lowest BCUT2D eigenvalue weighted by molar-refractivity contribution is -0.386. The third-order valence-electron chi connectivity index (χ3n) is 2.84. The molecule has 22 heavy (non-hydrogen) atoms. The topological polar surface area (TPSA) is 97.1 Å². The number of carbonyl (C=O) groups excluding carboxylic acids is 1. The highest BCUT2D eigenvalue weighted by Crippen LogP contribution is 2.35. The number of methoxy groups -OCH3 is 2. The van der Waals surface area contributed by atoms with Crippen LogP contribution in [-0.4, -0.2) is 31.4 Å². The van der Waals surface area contributed by atoms with E-state index in [0.29, 0.717) is 17.7 Å². The number of hydrogen-bond acceptors (Lipinski definition) is 7. The molecule has 0 aliphatic carbocycles. The van der Waals surface area contributed by atoms with Crippen LogP contribution in [0.4, 0.5) is 5.69 Å². The Morgan fingerprint density at radius 2 is 1.86 bits per heavy atom. The second-order valence-corrected chi connectivity index (χ2v) is 4.35. The summed E-state index contributed by atoms with van der Waals surface area (Å²) in [4.78, 5) is 21.6. The molecule has 8 nitrogen and oxygen atoms in total. The summed E-state index contributed by atoms with van der Waals surface area (Å²) in [6.07, 6.45) is -0.328. The predicted molar refractivity (Wildman–Crippen MR) is 76.8 cm³/mol. The largest absolute Gasteiger partial charge is 0.493 e. The molecule has 0 bridgehead atoms. The zero-order chi connectivity index (χ0) is 16.7. The van der Waals surface area contributed by atoms with Gasteiger partial charge < -0.3 is 18.9 Å². The number of esters is 1. The number of nitro benzene ring substituents is 1. The Morgan fingerprint density at radius 3 is 2.32 bits per heavy atom. The highest BCUT2D eigenvalue weighted by molar-refractivity contribution is 5.66. The highest BCUT2D eigenvalue weighted by Gasteiger charge is 2.21. The first-order valence-corrected chi connectivity index (χ1v) is 6.61. The lowest BCUT2D eigenvalue weighted by Crippen LogP contribution is -2.19. The minimum absolute atomic E-state index is 0.0948. The van der Waals surface area contributed by atoms with Crippen LogP contribution in [0.2, 0.25) is 0 Å². The molecule has 0 amide bonds. The van der Waals surface area contributed by atoms with Gasteiger partial charge in [-0.2, -0.15) is 0 Å². The maximum absolute atomic E-state index is 11.1. The summed E-state index contributed by atoms with van der Waals surface area (Å²) >= 11 is 0. The predicted octanol–water partition coefficient (Wildman–Crippen LogP) is 2.43. The van der Waals surface area contributed by atoms with Crippen molar-refractivity contribution in [1.82, 2.24) is 0 Å². The molecule has 0 saturated heterocycles. The van der Waals surface area contributed by atoms with Crippen LogP contribution in [-0.2, 0) is 20.9 Å². The van der Waals surface area contributed by atoms with Gasteiger partial charge in [0.15, 0.2) is 11.5 Å². The molecule has 1 unspecified atom stereocenters. The Kier molecular flexibility index (Phi) is 6.58. The fraction of sp³-hybridized carbons (Fsp3) is 0.500. The van der Waals surface area contributed by atoms with E-state index in [9.17, 15) is 14.9 Å². The van der Waals surface area contributed by atoms with Crippen molar-refractivity contribution in [3.05, 3.63) is 27.8 Å². The van der Waals surface area contributed by atoms with Gasteiger partial charge in [0.2, 0.25) is 6.29 Å². The van der Waals surface area contributed by atoms with E-state index in [1.54, 1.807) is 6.92 Å². The van der Waals surface area contributed by atoms with Crippen molar-refractivity contribution in [2.45, 2.75) is 33.2 Å². The molecule has 0 aromatic heterocycles. The van der Waals surface area contributed by atoms with E-state index in [1.807, 2.05) is 0 Å². The average Bonchev–Trinajstić information content (AvgIpc) is 2.49. The van der Waals surface area contributed by atoms with Gasteiger partial charge in [-0.25, -0.2) is 0 Å². The number of benzene rings is 1. The number of hydrogen-bond donors (Lipinski definition) is 0. The lowest BCUT2D eigenvalue weighted by atomic mass is 10.1. The average molecular weight is 313 g/mol. The van der Waals surface area contributed by atoms with Crippen LogP contribution in [0.1, 0.15) is 25.8 Å². The molecule has 0 aliphatic heterocycles. The smallest absolute Gasteiger partial charge is 0.304 e. The standard InChI is InChI=1S/C14H19NO7/c1-5-14(22-9(2)16)21-8-10-6-12(19-3)13(20-4)7-11(10)15(17)18/h6-7,14H,5,8H2,1-4H3. The van der Waals surface area contributed by atoms with Gasteiger partial charge in [0, 0.05) is 13.3 Å². The van der Waals surface area contributed by atoms with E-state index in [4.69, 9.17) is 18.9 Å². The first-order chi connectivity index (χ1) is 10.4. The van der Waals surface area contributed by atoms with E-state index in [1.165, 1.54) is 33.3 Å². The monoisotopic (exact) mass is 313 g/mol. The molecule has 1 atom stereocenters. The van der Waals surface area contributed by atoms with Crippen molar-refractivity contribution in [2.24, 2.45) is 0 Å². The summed E-state index contributed by atoms with van der Waals surface area (Å²) in [5, 5.41) is 11.1. The van der Waals surface area contributed by atoms with Crippen LogP contribution in [0.15, 0.2) is 12.1 Å². The van der Waals surface area contributed by atoms with Crippen molar-refractivity contribution in [3.8, 4) is 11.5 Å². The second kappa shape index (κ2) is 8.18. The van der Waals surface area contributed by atoms with E-state index in [0.717, 1.165) is 0 Å². The first-order valence-electron chi connectivity index (χ1n) is 6.61. The third-order valence-corrected chi connectivity index (χ3v) is 2.84. The molecule has 122 valence electrons. The van der Waals surface area contributed by atoms with E-state index >= 15 is 0 Å². The second-order valence-electron chi connectivity index (χ2n) is 4.35. The van der Waals surface area contributed by atoms with Crippen LogP contribution in [0.3, 0.4) is 0 Å².